The molecule has 1 aromatic heterocycles. The van der Waals surface area contributed by atoms with E-state index >= 15 is 0 Å². The van der Waals surface area contributed by atoms with E-state index in [1.54, 1.807) is 4.90 Å². The van der Waals surface area contributed by atoms with Crippen LogP contribution in [0.3, 0.4) is 0 Å². The lowest BCUT2D eigenvalue weighted by molar-refractivity contribution is 0.0572. The van der Waals surface area contributed by atoms with Gasteiger partial charge in [0.1, 0.15) is 11.6 Å². The molecule has 0 aliphatic carbocycles. The molecule has 0 bridgehead atoms. The molecule has 0 spiro atoms. The number of carbonyl (C=O) groups is 1. The first-order valence-electron chi connectivity index (χ1n) is 5.89. The standard InChI is InChI=1S/C12H17FN4O/c1-8-7-17(4-3-16(8)2)12(18)10-5-9(13)6-15-11(10)14/h5-6,8H,3-4,7H2,1-2H3,(H2,14,15). The third-order valence-electron chi connectivity index (χ3n) is 3.36. The van der Waals surface area contributed by atoms with E-state index in [4.69, 9.17) is 5.73 Å². The molecule has 0 radical (unpaired) electrons. The van der Waals surface area contributed by atoms with Crippen molar-refractivity contribution in [3.8, 4) is 0 Å². The highest BCUT2D eigenvalue weighted by Gasteiger charge is 2.26. The third-order valence-corrected chi connectivity index (χ3v) is 3.36. The van der Waals surface area contributed by atoms with Crippen LogP contribution < -0.4 is 5.73 Å². The summed E-state index contributed by atoms with van der Waals surface area (Å²) >= 11 is 0. The second-order valence-corrected chi connectivity index (χ2v) is 4.67. The molecular formula is C12H17FN4O. The number of nitrogens with two attached hydrogens (primary N) is 1. The van der Waals surface area contributed by atoms with Gasteiger partial charge in [0.05, 0.1) is 11.8 Å². The average molecular weight is 252 g/mol. The molecule has 2 heterocycles. The summed E-state index contributed by atoms with van der Waals surface area (Å²) in [5.41, 5.74) is 5.77. The number of nitrogens with zero attached hydrogens (tertiary/aromatic N) is 3. The van der Waals surface area contributed by atoms with Crippen LogP contribution in [0.15, 0.2) is 12.3 Å². The van der Waals surface area contributed by atoms with E-state index in [2.05, 4.69) is 9.88 Å². The Morgan fingerprint density at radius 2 is 2.28 bits per heavy atom. The van der Waals surface area contributed by atoms with Crippen molar-refractivity contribution in [1.29, 1.82) is 0 Å². The summed E-state index contributed by atoms with van der Waals surface area (Å²) in [6.07, 6.45) is 1.01. The number of nitrogen functional groups attached to an aromatic ring is 1. The topological polar surface area (TPSA) is 62.5 Å². The van der Waals surface area contributed by atoms with Crippen LogP contribution in [0, 0.1) is 5.82 Å². The smallest absolute Gasteiger partial charge is 0.257 e. The lowest BCUT2D eigenvalue weighted by Crippen LogP contribution is -2.52. The molecule has 6 heteroatoms. The van der Waals surface area contributed by atoms with Gasteiger partial charge in [-0.1, -0.05) is 0 Å². The van der Waals surface area contributed by atoms with Crippen molar-refractivity contribution in [1.82, 2.24) is 14.8 Å². The molecule has 98 valence electrons. The van der Waals surface area contributed by atoms with E-state index in [-0.39, 0.29) is 23.3 Å². The van der Waals surface area contributed by atoms with Gasteiger partial charge in [0.2, 0.25) is 0 Å². The highest BCUT2D eigenvalue weighted by molar-refractivity contribution is 5.98. The average Bonchev–Trinajstić information content (AvgIpc) is 2.35. The Morgan fingerprint density at radius 1 is 1.56 bits per heavy atom. The fraction of sp³-hybridized carbons (Fsp3) is 0.500. The zero-order chi connectivity index (χ0) is 13.3. The Bertz CT molecular complexity index is 465. The number of halogens is 1. The second kappa shape index (κ2) is 4.89. The van der Waals surface area contributed by atoms with Gasteiger partial charge in [-0.15, -0.1) is 0 Å². The number of piperazine rings is 1. The van der Waals surface area contributed by atoms with Crippen molar-refractivity contribution in [3.05, 3.63) is 23.6 Å². The summed E-state index contributed by atoms with van der Waals surface area (Å²) in [6.45, 7) is 4.09. The predicted octanol–water partition coefficient (Wildman–Crippen LogP) is 0.579. The normalized spacial score (nSPS) is 21.1. The van der Waals surface area contributed by atoms with Gasteiger partial charge in [-0.3, -0.25) is 4.79 Å². The van der Waals surface area contributed by atoms with E-state index in [0.29, 0.717) is 13.1 Å². The van der Waals surface area contributed by atoms with Crippen LogP contribution in [-0.2, 0) is 0 Å². The van der Waals surface area contributed by atoms with Crippen molar-refractivity contribution in [3.63, 3.8) is 0 Å². The molecule has 5 nitrogen and oxygen atoms in total. The summed E-state index contributed by atoms with van der Waals surface area (Å²) in [6, 6.07) is 1.43. The van der Waals surface area contributed by atoms with Crippen molar-refractivity contribution in [2.24, 2.45) is 0 Å². The second-order valence-electron chi connectivity index (χ2n) is 4.67. The summed E-state index contributed by atoms with van der Waals surface area (Å²) in [4.78, 5) is 19.8. The summed E-state index contributed by atoms with van der Waals surface area (Å²) in [5, 5.41) is 0. The maximum Gasteiger partial charge on any atom is 0.257 e. The Balaban J connectivity index is 2.19. The number of hydrogen-bond acceptors (Lipinski definition) is 4. The van der Waals surface area contributed by atoms with Crippen LogP contribution >= 0.6 is 0 Å². The number of pyridine rings is 1. The van der Waals surface area contributed by atoms with E-state index < -0.39 is 5.82 Å². The fourth-order valence-corrected chi connectivity index (χ4v) is 2.02. The minimum Gasteiger partial charge on any atom is -0.383 e. The lowest BCUT2D eigenvalue weighted by atomic mass is 10.1. The van der Waals surface area contributed by atoms with Gasteiger partial charge < -0.3 is 15.5 Å². The molecule has 1 aromatic rings. The number of amides is 1. The molecule has 1 saturated heterocycles. The molecule has 1 atom stereocenters. The van der Waals surface area contributed by atoms with Gasteiger partial charge in [-0.2, -0.15) is 0 Å². The van der Waals surface area contributed by atoms with Crippen LogP contribution in [0.1, 0.15) is 17.3 Å². The van der Waals surface area contributed by atoms with E-state index in [9.17, 15) is 9.18 Å². The number of carbonyl (C=O) groups excluding carboxylic acids is 1. The van der Waals surface area contributed by atoms with Gasteiger partial charge in [-0.05, 0) is 20.0 Å². The Hall–Kier alpha value is -1.69. The largest absolute Gasteiger partial charge is 0.383 e. The van der Waals surface area contributed by atoms with Gasteiger partial charge >= 0.3 is 0 Å². The van der Waals surface area contributed by atoms with Crippen molar-refractivity contribution in [2.75, 3.05) is 32.4 Å². The minimum atomic E-state index is -0.547. The molecule has 1 amide bonds. The summed E-state index contributed by atoms with van der Waals surface area (Å²) in [7, 11) is 2.02. The zero-order valence-corrected chi connectivity index (χ0v) is 10.6. The minimum absolute atomic E-state index is 0.0768. The van der Waals surface area contributed by atoms with Crippen molar-refractivity contribution < 1.29 is 9.18 Å². The van der Waals surface area contributed by atoms with E-state index in [1.165, 1.54) is 0 Å². The lowest BCUT2D eigenvalue weighted by Gasteiger charge is -2.37. The first-order chi connectivity index (χ1) is 8.49. The van der Waals surface area contributed by atoms with Crippen LogP contribution in [0.5, 0.6) is 0 Å². The highest BCUT2D eigenvalue weighted by Crippen LogP contribution is 2.16. The van der Waals surface area contributed by atoms with Crippen molar-refractivity contribution in [2.45, 2.75) is 13.0 Å². The predicted molar refractivity (Wildman–Crippen MR) is 66.6 cm³/mol. The zero-order valence-electron chi connectivity index (χ0n) is 10.6. The van der Waals surface area contributed by atoms with Gasteiger partial charge in [0.15, 0.2) is 0 Å². The Kier molecular flexibility index (Phi) is 3.47. The molecular weight excluding hydrogens is 235 g/mol. The van der Waals surface area contributed by atoms with Gasteiger partial charge in [-0.25, -0.2) is 9.37 Å². The Morgan fingerprint density at radius 3 is 2.94 bits per heavy atom. The number of hydrogen-bond donors (Lipinski definition) is 1. The van der Waals surface area contributed by atoms with Gasteiger partial charge in [0, 0.05) is 25.7 Å². The molecule has 2 rings (SSSR count). The quantitative estimate of drug-likeness (QED) is 0.794. The first kappa shape index (κ1) is 12.8. The number of aromatic nitrogens is 1. The van der Waals surface area contributed by atoms with Gasteiger partial charge in [0.25, 0.3) is 5.91 Å². The molecule has 1 aliphatic rings. The maximum atomic E-state index is 13.1. The molecule has 0 saturated carbocycles. The molecule has 1 aliphatic heterocycles. The SMILES string of the molecule is CC1CN(C(=O)c2cc(F)cnc2N)CCN1C. The van der Waals surface area contributed by atoms with Crippen molar-refractivity contribution >= 4 is 11.7 Å². The molecule has 1 unspecified atom stereocenters. The highest BCUT2D eigenvalue weighted by atomic mass is 19.1. The number of likely N-dealkylation sites (N-methyl/N-ethyl adjacent to an activating group) is 1. The number of rotatable bonds is 1. The monoisotopic (exact) mass is 252 g/mol. The Labute approximate surface area is 105 Å². The summed E-state index contributed by atoms with van der Waals surface area (Å²) < 4.78 is 13.1. The van der Waals surface area contributed by atoms with E-state index in [0.717, 1.165) is 18.8 Å². The molecule has 2 N–H and O–H groups in total. The number of anilines is 1. The molecule has 18 heavy (non-hydrogen) atoms. The molecule has 0 aromatic carbocycles. The first-order valence-corrected chi connectivity index (χ1v) is 5.89. The molecule has 1 fully saturated rings. The van der Waals surface area contributed by atoms with Crippen LogP contribution in [0.4, 0.5) is 10.2 Å². The van der Waals surface area contributed by atoms with E-state index in [1.807, 2.05) is 14.0 Å². The van der Waals surface area contributed by atoms with Crippen LogP contribution in [0.2, 0.25) is 0 Å². The van der Waals surface area contributed by atoms with Crippen LogP contribution in [0.25, 0.3) is 0 Å². The summed E-state index contributed by atoms with van der Waals surface area (Å²) in [5.74, 6) is -0.720. The van der Waals surface area contributed by atoms with Crippen LogP contribution in [-0.4, -0.2) is 53.4 Å². The third kappa shape index (κ3) is 2.43. The maximum absolute atomic E-state index is 13.1. The fourth-order valence-electron chi connectivity index (χ4n) is 2.02.